The zero-order valence-electron chi connectivity index (χ0n) is 17.8. The molecule has 0 spiro atoms. The maximum absolute atomic E-state index is 15.2. The zero-order chi connectivity index (χ0) is 22.8. The Morgan fingerprint density at radius 3 is 2.53 bits per heavy atom. The minimum Gasteiger partial charge on any atom is -0.497 e. The Morgan fingerprint density at radius 2 is 1.84 bits per heavy atom. The molecule has 0 amide bonds. The first-order valence-electron chi connectivity index (χ1n) is 9.49. The van der Waals surface area contributed by atoms with Crippen molar-refractivity contribution in [3.63, 3.8) is 0 Å². The van der Waals surface area contributed by atoms with Crippen molar-refractivity contribution in [2.45, 2.75) is 10.9 Å². The van der Waals surface area contributed by atoms with Crippen LogP contribution < -0.4 is 19.8 Å². The highest BCUT2D eigenvalue weighted by Gasteiger charge is 2.21. The first kappa shape index (κ1) is 22.1. The Balaban J connectivity index is 1.98. The highest BCUT2D eigenvalue weighted by Crippen LogP contribution is 2.32. The van der Waals surface area contributed by atoms with Crippen LogP contribution in [0.1, 0.15) is 5.56 Å². The maximum atomic E-state index is 15.2. The van der Waals surface area contributed by atoms with Crippen molar-refractivity contribution in [2.75, 3.05) is 27.6 Å². The number of ether oxygens (including phenoxy) is 3. The average Bonchev–Trinajstić information content (AvgIpc) is 3.25. The summed E-state index contributed by atoms with van der Waals surface area (Å²) >= 11 is 2.72. The van der Waals surface area contributed by atoms with Gasteiger partial charge in [0.15, 0.2) is 26.3 Å². The number of thiazole rings is 1. The number of halogens is 1. The summed E-state index contributed by atoms with van der Waals surface area (Å²) in [5.74, 6) is 0.824. The maximum Gasteiger partial charge on any atom is 0.281 e. The van der Waals surface area contributed by atoms with Crippen molar-refractivity contribution in [1.82, 2.24) is 14.5 Å². The lowest BCUT2D eigenvalue weighted by Crippen LogP contribution is -2.24. The van der Waals surface area contributed by atoms with Crippen molar-refractivity contribution in [2.24, 2.45) is 0 Å². The molecule has 2 heterocycles. The van der Waals surface area contributed by atoms with Gasteiger partial charge >= 0.3 is 0 Å². The van der Waals surface area contributed by atoms with Gasteiger partial charge in [0.1, 0.15) is 17.3 Å². The van der Waals surface area contributed by atoms with E-state index in [1.807, 2.05) is 6.26 Å². The number of thioether (sulfide) groups is 1. The van der Waals surface area contributed by atoms with Gasteiger partial charge in [0.2, 0.25) is 0 Å². The van der Waals surface area contributed by atoms with E-state index >= 15 is 4.39 Å². The first-order valence-corrected chi connectivity index (χ1v) is 11.5. The van der Waals surface area contributed by atoms with Gasteiger partial charge in [-0.05, 0) is 30.5 Å². The molecular formula is C22H20FN3O4S2. The molecule has 0 unspecified atom stereocenters. The molecular weight excluding hydrogens is 453 g/mol. The van der Waals surface area contributed by atoms with Gasteiger partial charge in [0.05, 0.1) is 33.4 Å². The van der Waals surface area contributed by atoms with Crippen LogP contribution in [0.5, 0.6) is 17.2 Å². The van der Waals surface area contributed by atoms with Gasteiger partial charge in [-0.15, -0.1) is 0 Å². The molecule has 0 aliphatic rings. The number of hydrogen-bond acceptors (Lipinski definition) is 8. The topological polar surface area (TPSA) is 75.5 Å². The van der Waals surface area contributed by atoms with E-state index in [-0.39, 0.29) is 34.8 Å². The number of methoxy groups -OCH3 is 3. The van der Waals surface area contributed by atoms with Gasteiger partial charge in [-0.2, -0.15) is 0 Å². The molecule has 0 atom stereocenters. The van der Waals surface area contributed by atoms with Crippen LogP contribution >= 0.6 is 23.1 Å². The summed E-state index contributed by atoms with van der Waals surface area (Å²) in [4.78, 5) is 23.0. The predicted octanol–water partition coefficient (Wildman–Crippen LogP) is 4.46. The molecule has 166 valence electrons. The number of rotatable bonds is 7. The SMILES string of the molecule is COc1ccc(Cn2c(-c3cccc(OC)c3F)nc3sc(SC)nc3c2=O)c(OC)c1. The lowest BCUT2D eigenvalue weighted by Gasteiger charge is -2.16. The van der Waals surface area contributed by atoms with Crippen LogP contribution in [0, 0.1) is 5.82 Å². The van der Waals surface area contributed by atoms with Crippen LogP contribution in [0.15, 0.2) is 45.5 Å². The second-order valence-corrected chi connectivity index (χ2v) is 8.69. The first-order chi connectivity index (χ1) is 15.5. The fourth-order valence-corrected chi connectivity index (χ4v) is 4.74. The van der Waals surface area contributed by atoms with Crippen LogP contribution in [-0.2, 0) is 6.54 Å². The fourth-order valence-electron chi connectivity index (χ4n) is 3.32. The second-order valence-electron chi connectivity index (χ2n) is 6.66. The Labute approximate surface area is 191 Å². The van der Waals surface area contributed by atoms with E-state index in [0.29, 0.717) is 26.2 Å². The Kier molecular flexibility index (Phi) is 6.33. The zero-order valence-corrected chi connectivity index (χ0v) is 19.5. The third kappa shape index (κ3) is 3.91. The molecule has 0 bridgehead atoms. The highest BCUT2D eigenvalue weighted by molar-refractivity contribution is 8.00. The molecule has 2 aromatic carbocycles. The van der Waals surface area contributed by atoms with Gasteiger partial charge in [-0.1, -0.05) is 29.2 Å². The largest absolute Gasteiger partial charge is 0.497 e. The number of nitrogens with zero attached hydrogens (tertiary/aromatic N) is 3. The van der Waals surface area contributed by atoms with Crippen LogP contribution in [0.2, 0.25) is 0 Å². The highest BCUT2D eigenvalue weighted by atomic mass is 32.2. The molecule has 4 rings (SSSR count). The Bertz CT molecular complexity index is 1350. The van der Waals surface area contributed by atoms with Crippen LogP contribution in [-0.4, -0.2) is 42.1 Å². The van der Waals surface area contributed by atoms with E-state index in [9.17, 15) is 4.79 Å². The summed E-state index contributed by atoms with van der Waals surface area (Å²) in [6.07, 6.45) is 1.88. The van der Waals surface area contributed by atoms with Crippen LogP contribution in [0.4, 0.5) is 4.39 Å². The smallest absolute Gasteiger partial charge is 0.281 e. The summed E-state index contributed by atoms with van der Waals surface area (Å²) in [5.41, 5.74) is 0.761. The Hall–Kier alpha value is -3.11. The van der Waals surface area contributed by atoms with Gasteiger partial charge < -0.3 is 14.2 Å². The van der Waals surface area contributed by atoms with E-state index in [4.69, 9.17) is 14.2 Å². The molecule has 0 radical (unpaired) electrons. The van der Waals surface area contributed by atoms with Crippen molar-refractivity contribution in [3.05, 3.63) is 58.1 Å². The predicted molar refractivity (Wildman–Crippen MR) is 124 cm³/mol. The molecule has 0 saturated heterocycles. The van der Waals surface area contributed by atoms with E-state index in [1.165, 1.54) is 48.0 Å². The molecule has 7 nitrogen and oxygen atoms in total. The van der Waals surface area contributed by atoms with Crippen molar-refractivity contribution in [1.29, 1.82) is 0 Å². The van der Waals surface area contributed by atoms with Crippen molar-refractivity contribution < 1.29 is 18.6 Å². The normalized spacial score (nSPS) is 11.0. The van der Waals surface area contributed by atoms with Crippen molar-refractivity contribution in [3.8, 4) is 28.6 Å². The quantitative estimate of drug-likeness (QED) is 0.367. The van der Waals surface area contributed by atoms with E-state index in [1.54, 1.807) is 37.4 Å². The molecule has 0 fully saturated rings. The standard InChI is InChI=1S/C22H20FN3O4S2/c1-28-13-9-8-12(16(10-13)30-3)11-26-19(14-6-5-7-15(29-2)17(14)23)25-20-18(21(26)27)24-22(31-4)32-20/h5-10H,11H2,1-4H3. The Morgan fingerprint density at radius 1 is 1.06 bits per heavy atom. The minimum atomic E-state index is -0.591. The molecule has 2 aromatic heterocycles. The third-order valence-corrected chi connectivity index (χ3v) is 6.86. The van der Waals surface area contributed by atoms with Crippen LogP contribution in [0.3, 0.4) is 0 Å². The van der Waals surface area contributed by atoms with Gasteiger partial charge in [0.25, 0.3) is 5.56 Å². The molecule has 0 N–H and O–H groups in total. The number of fused-ring (bicyclic) bond motifs is 1. The molecule has 0 aliphatic carbocycles. The number of aromatic nitrogens is 3. The van der Waals surface area contributed by atoms with Gasteiger partial charge in [-0.3, -0.25) is 9.36 Å². The summed E-state index contributed by atoms with van der Waals surface area (Å²) in [7, 11) is 4.49. The molecule has 10 heteroatoms. The fraction of sp³-hybridized carbons (Fsp3) is 0.227. The monoisotopic (exact) mass is 473 g/mol. The summed E-state index contributed by atoms with van der Waals surface area (Å²) in [5, 5.41) is 0. The lowest BCUT2D eigenvalue weighted by atomic mass is 10.1. The third-order valence-electron chi connectivity index (χ3n) is 4.92. The van der Waals surface area contributed by atoms with E-state index < -0.39 is 5.82 Å². The molecule has 0 saturated carbocycles. The van der Waals surface area contributed by atoms with Crippen molar-refractivity contribution >= 4 is 33.4 Å². The molecule has 0 aliphatic heterocycles. The second kappa shape index (κ2) is 9.17. The number of hydrogen-bond donors (Lipinski definition) is 0. The van der Waals surface area contributed by atoms with Gasteiger partial charge in [-0.25, -0.2) is 14.4 Å². The average molecular weight is 474 g/mol. The molecule has 4 aromatic rings. The van der Waals surface area contributed by atoms with Gasteiger partial charge in [0, 0.05) is 11.6 Å². The van der Waals surface area contributed by atoms with E-state index in [2.05, 4.69) is 9.97 Å². The lowest BCUT2D eigenvalue weighted by molar-refractivity contribution is 0.387. The van der Waals surface area contributed by atoms with Crippen LogP contribution in [0.25, 0.3) is 21.7 Å². The number of benzene rings is 2. The minimum absolute atomic E-state index is 0.0690. The molecule has 32 heavy (non-hydrogen) atoms. The summed E-state index contributed by atoms with van der Waals surface area (Å²) in [6.45, 7) is 0.104. The summed E-state index contributed by atoms with van der Waals surface area (Å²) in [6, 6.07) is 10.1. The van der Waals surface area contributed by atoms with E-state index in [0.717, 1.165) is 0 Å². The summed E-state index contributed by atoms with van der Waals surface area (Å²) < 4.78 is 33.2.